The molecule has 1 aromatic rings. The molecule has 2 rings (SSSR count). The third kappa shape index (κ3) is 2.74. The van der Waals surface area contributed by atoms with E-state index in [0.717, 1.165) is 29.4 Å². The summed E-state index contributed by atoms with van der Waals surface area (Å²) in [6, 6.07) is 4.17. The summed E-state index contributed by atoms with van der Waals surface area (Å²) in [5.41, 5.74) is 5.57. The second-order valence-electron chi connectivity index (χ2n) is 4.66. The first kappa shape index (κ1) is 11.4. The van der Waals surface area contributed by atoms with Gasteiger partial charge in [0.05, 0.1) is 6.61 Å². The molecule has 0 amide bonds. The number of hydrogen-bond acceptors (Lipinski definition) is 3. The number of ether oxygens (including phenoxy) is 1. The van der Waals surface area contributed by atoms with Crippen LogP contribution in [0.2, 0.25) is 0 Å². The van der Waals surface area contributed by atoms with Crippen LogP contribution in [0.3, 0.4) is 0 Å². The van der Waals surface area contributed by atoms with Crippen LogP contribution in [0, 0.1) is 19.8 Å². The van der Waals surface area contributed by atoms with Gasteiger partial charge in [-0.1, -0.05) is 17.7 Å². The molecule has 0 atom stereocenters. The molecule has 0 heterocycles. The van der Waals surface area contributed by atoms with E-state index in [-0.39, 0.29) is 0 Å². The lowest BCUT2D eigenvalue weighted by Crippen LogP contribution is -2.10. The van der Waals surface area contributed by atoms with E-state index < -0.39 is 0 Å². The third-order valence-corrected chi connectivity index (χ3v) is 2.93. The van der Waals surface area contributed by atoms with Crippen molar-refractivity contribution >= 4 is 0 Å². The van der Waals surface area contributed by atoms with E-state index in [9.17, 15) is 0 Å². The molecule has 3 nitrogen and oxygen atoms in total. The van der Waals surface area contributed by atoms with Crippen LogP contribution in [0.1, 0.15) is 29.5 Å². The van der Waals surface area contributed by atoms with E-state index >= 15 is 0 Å². The van der Waals surface area contributed by atoms with Crippen molar-refractivity contribution in [1.29, 1.82) is 0 Å². The van der Waals surface area contributed by atoms with Crippen molar-refractivity contribution in [3.63, 3.8) is 0 Å². The van der Waals surface area contributed by atoms with Crippen LogP contribution < -0.4 is 10.2 Å². The molecule has 0 radical (unpaired) electrons. The molecule has 1 fully saturated rings. The largest absolute Gasteiger partial charge is 0.493 e. The highest BCUT2D eigenvalue weighted by Gasteiger charge is 2.22. The Bertz CT molecular complexity index is 372. The molecule has 3 heteroatoms. The predicted molar refractivity (Wildman–Crippen MR) is 62.8 cm³/mol. The van der Waals surface area contributed by atoms with Gasteiger partial charge in [-0.25, -0.2) is 5.48 Å². The fraction of sp³-hybridized carbons (Fsp3) is 0.538. The summed E-state index contributed by atoms with van der Waals surface area (Å²) in [4.78, 5) is 0. The Morgan fingerprint density at radius 2 is 2.12 bits per heavy atom. The molecule has 2 N–H and O–H groups in total. The van der Waals surface area contributed by atoms with Crippen LogP contribution in [0.4, 0.5) is 0 Å². The minimum Gasteiger partial charge on any atom is -0.493 e. The zero-order valence-corrected chi connectivity index (χ0v) is 9.92. The summed E-state index contributed by atoms with van der Waals surface area (Å²) in [7, 11) is 0. The van der Waals surface area contributed by atoms with Crippen molar-refractivity contribution in [2.75, 3.05) is 6.61 Å². The van der Waals surface area contributed by atoms with Crippen molar-refractivity contribution in [2.24, 2.45) is 5.92 Å². The lowest BCUT2D eigenvalue weighted by Gasteiger charge is -2.14. The van der Waals surface area contributed by atoms with Gasteiger partial charge in [-0.05, 0) is 38.2 Å². The van der Waals surface area contributed by atoms with E-state index in [2.05, 4.69) is 31.5 Å². The van der Waals surface area contributed by atoms with Gasteiger partial charge in [0.2, 0.25) is 0 Å². The van der Waals surface area contributed by atoms with Gasteiger partial charge in [-0.15, -0.1) is 0 Å². The normalized spacial score (nSPS) is 15.2. The Kier molecular flexibility index (Phi) is 3.46. The first-order chi connectivity index (χ1) is 7.70. The van der Waals surface area contributed by atoms with Crippen molar-refractivity contribution in [2.45, 2.75) is 33.2 Å². The van der Waals surface area contributed by atoms with Crippen LogP contribution >= 0.6 is 0 Å². The molecule has 0 saturated heterocycles. The number of aryl methyl sites for hydroxylation is 2. The maximum Gasteiger partial charge on any atom is 0.126 e. The quantitative estimate of drug-likeness (QED) is 0.751. The number of hydrogen-bond donors (Lipinski definition) is 2. The molecule has 16 heavy (non-hydrogen) atoms. The number of benzene rings is 1. The summed E-state index contributed by atoms with van der Waals surface area (Å²) in [5, 5.41) is 8.81. The monoisotopic (exact) mass is 221 g/mol. The molecule has 0 aliphatic heterocycles. The average molecular weight is 221 g/mol. The van der Waals surface area contributed by atoms with Crippen LogP contribution in [-0.2, 0) is 6.54 Å². The highest BCUT2D eigenvalue weighted by Crippen LogP contribution is 2.32. The predicted octanol–water partition coefficient (Wildman–Crippen LogP) is 2.57. The highest BCUT2D eigenvalue weighted by atomic mass is 16.5. The molecule has 88 valence electrons. The summed E-state index contributed by atoms with van der Waals surface area (Å²) in [5.74, 6) is 1.68. The van der Waals surface area contributed by atoms with Crippen LogP contribution in [-0.4, -0.2) is 11.8 Å². The standard InChI is InChI=1S/C13H19NO2/c1-9-5-10(2)13(12(6-9)7-14-15)16-8-11-3-4-11/h5-6,11,14-15H,3-4,7-8H2,1-2H3. The minimum absolute atomic E-state index is 0.433. The Morgan fingerprint density at radius 1 is 1.38 bits per heavy atom. The first-order valence-corrected chi connectivity index (χ1v) is 5.80. The Hall–Kier alpha value is -1.06. The molecule has 0 unspecified atom stereocenters. The molecule has 0 bridgehead atoms. The summed E-state index contributed by atoms with van der Waals surface area (Å²) in [6.45, 7) is 5.35. The topological polar surface area (TPSA) is 41.5 Å². The second kappa shape index (κ2) is 4.85. The smallest absolute Gasteiger partial charge is 0.126 e. The van der Waals surface area contributed by atoms with Gasteiger partial charge in [0.25, 0.3) is 0 Å². The van der Waals surface area contributed by atoms with Gasteiger partial charge in [-0.2, -0.15) is 0 Å². The Balaban J connectivity index is 2.16. The van der Waals surface area contributed by atoms with Crippen molar-refractivity contribution in [3.05, 3.63) is 28.8 Å². The van der Waals surface area contributed by atoms with Gasteiger partial charge in [0, 0.05) is 12.1 Å². The maximum absolute atomic E-state index is 8.81. The van der Waals surface area contributed by atoms with Crippen molar-refractivity contribution < 1.29 is 9.94 Å². The molecule has 1 aliphatic carbocycles. The van der Waals surface area contributed by atoms with Gasteiger partial charge >= 0.3 is 0 Å². The molecule has 0 aromatic heterocycles. The van der Waals surface area contributed by atoms with Crippen LogP contribution in [0.25, 0.3) is 0 Å². The fourth-order valence-electron chi connectivity index (χ4n) is 1.95. The molecule has 0 spiro atoms. The van der Waals surface area contributed by atoms with Gasteiger partial charge in [0.1, 0.15) is 5.75 Å². The van der Waals surface area contributed by atoms with E-state index in [0.29, 0.717) is 6.54 Å². The summed E-state index contributed by atoms with van der Waals surface area (Å²) < 4.78 is 5.85. The SMILES string of the molecule is Cc1cc(C)c(OCC2CC2)c(CNO)c1. The van der Waals surface area contributed by atoms with Gasteiger partial charge in [0.15, 0.2) is 0 Å². The molecular weight excluding hydrogens is 202 g/mol. The zero-order valence-electron chi connectivity index (χ0n) is 9.92. The Labute approximate surface area is 96.4 Å². The first-order valence-electron chi connectivity index (χ1n) is 5.80. The maximum atomic E-state index is 8.81. The summed E-state index contributed by atoms with van der Waals surface area (Å²) >= 11 is 0. The third-order valence-electron chi connectivity index (χ3n) is 2.93. The van der Waals surface area contributed by atoms with Crippen molar-refractivity contribution in [1.82, 2.24) is 5.48 Å². The second-order valence-corrected chi connectivity index (χ2v) is 4.66. The van der Waals surface area contributed by atoms with Gasteiger partial charge in [-0.3, -0.25) is 0 Å². The van der Waals surface area contributed by atoms with E-state index in [4.69, 9.17) is 9.94 Å². The average Bonchev–Trinajstić information content (AvgIpc) is 3.00. The number of hydroxylamine groups is 1. The van der Waals surface area contributed by atoms with Crippen LogP contribution in [0.15, 0.2) is 12.1 Å². The van der Waals surface area contributed by atoms with Crippen molar-refractivity contribution in [3.8, 4) is 5.75 Å². The van der Waals surface area contributed by atoms with Crippen LogP contribution in [0.5, 0.6) is 5.75 Å². The summed E-state index contributed by atoms with van der Waals surface area (Å²) in [6.07, 6.45) is 2.58. The highest BCUT2D eigenvalue weighted by molar-refractivity contribution is 5.43. The number of rotatable bonds is 5. The molecule has 1 saturated carbocycles. The lowest BCUT2D eigenvalue weighted by atomic mass is 10.1. The lowest BCUT2D eigenvalue weighted by molar-refractivity contribution is 0.159. The van der Waals surface area contributed by atoms with E-state index in [1.807, 2.05) is 0 Å². The number of nitrogens with one attached hydrogen (secondary N) is 1. The molecule has 1 aliphatic rings. The molecule has 1 aromatic carbocycles. The van der Waals surface area contributed by atoms with E-state index in [1.165, 1.54) is 18.4 Å². The Morgan fingerprint density at radius 3 is 2.75 bits per heavy atom. The zero-order chi connectivity index (χ0) is 11.5. The minimum atomic E-state index is 0.433. The van der Waals surface area contributed by atoms with E-state index in [1.54, 1.807) is 0 Å². The van der Waals surface area contributed by atoms with Gasteiger partial charge < -0.3 is 9.94 Å². The molecular formula is C13H19NO2. The fourth-order valence-corrected chi connectivity index (χ4v) is 1.95.